The Morgan fingerprint density at radius 2 is 1.97 bits per heavy atom. The van der Waals surface area contributed by atoms with Gasteiger partial charge in [-0.15, -0.1) is 0 Å². The minimum absolute atomic E-state index is 0.133. The number of benzene rings is 2. The van der Waals surface area contributed by atoms with E-state index in [-0.39, 0.29) is 24.7 Å². The SMILES string of the molecule is O=C(C1CC1)N(Cc1ccccc1Cl)C[C@@H]1CC(c2ccc3c(c2)OCO3)=NO1. The maximum absolute atomic E-state index is 12.8. The minimum Gasteiger partial charge on any atom is -0.454 e. The van der Waals surface area contributed by atoms with Gasteiger partial charge in [0.15, 0.2) is 17.6 Å². The summed E-state index contributed by atoms with van der Waals surface area (Å²) in [4.78, 5) is 20.4. The van der Waals surface area contributed by atoms with Crippen molar-refractivity contribution in [3.05, 3.63) is 58.6 Å². The molecule has 150 valence electrons. The second-order valence-electron chi connectivity index (χ2n) is 7.62. The number of ether oxygens (including phenoxy) is 2. The molecule has 5 rings (SSSR count). The number of rotatable bonds is 6. The summed E-state index contributed by atoms with van der Waals surface area (Å²) in [6.45, 7) is 1.21. The summed E-state index contributed by atoms with van der Waals surface area (Å²) in [5.41, 5.74) is 2.74. The van der Waals surface area contributed by atoms with E-state index in [1.807, 2.05) is 47.4 Å². The molecule has 0 N–H and O–H groups in total. The zero-order valence-corrected chi connectivity index (χ0v) is 16.6. The van der Waals surface area contributed by atoms with Gasteiger partial charge < -0.3 is 19.2 Å². The summed E-state index contributed by atoms with van der Waals surface area (Å²) in [6.07, 6.45) is 2.38. The molecule has 1 amide bonds. The van der Waals surface area contributed by atoms with Crippen molar-refractivity contribution in [2.24, 2.45) is 11.1 Å². The van der Waals surface area contributed by atoms with Crippen LogP contribution >= 0.6 is 11.6 Å². The topological polar surface area (TPSA) is 60.4 Å². The Kier molecular flexibility index (Phi) is 4.79. The molecular formula is C22H21ClN2O4. The zero-order chi connectivity index (χ0) is 19.8. The number of fused-ring (bicyclic) bond motifs is 1. The number of carbonyl (C=O) groups excluding carboxylic acids is 1. The van der Waals surface area contributed by atoms with Gasteiger partial charge in [0.25, 0.3) is 0 Å². The minimum atomic E-state index is -0.180. The van der Waals surface area contributed by atoms with Crippen LogP contribution < -0.4 is 9.47 Å². The molecule has 1 fully saturated rings. The smallest absolute Gasteiger partial charge is 0.231 e. The van der Waals surface area contributed by atoms with E-state index in [0.717, 1.165) is 41.2 Å². The highest BCUT2D eigenvalue weighted by Crippen LogP contribution is 2.35. The lowest BCUT2D eigenvalue weighted by Gasteiger charge is -2.25. The molecule has 1 aliphatic carbocycles. The average Bonchev–Trinajstić information content (AvgIpc) is 3.29. The third kappa shape index (κ3) is 3.90. The van der Waals surface area contributed by atoms with Crippen molar-refractivity contribution in [2.75, 3.05) is 13.3 Å². The number of nitrogens with zero attached hydrogens (tertiary/aromatic N) is 2. The molecule has 0 spiro atoms. The first-order chi connectivity index (χ1) is 14.2. The number of hydrogen-bond acceptors (Lipinski definition) is 5. The van der Waals surface area contributed by atoms with Crippen LogP contribution in [0.1, 0.15) is 30.4 Å². The number of halogens is 1. The van der Waals surface area contributed by atoms with Gasteiger partial charge in [-0.3, -0.25) is 4.79 Å². The quantitative estimate of drug-likeness (QED) is 0.719. The highest BCUT2D eigenvalue weighted by atomic mass is 35.5. The standard InChI is InChI=1S/C22H21ClN2O4/c23-18-4-2-1-3-16(18)11-25(22(26)14-5-6-14)12-17-10-19(24-29-17)15-7-8-20-21(9-15)28-13-27-20/h1-4,7-9,14,17H,5-6,10-13H2/t17-/m0/s1. The molecule has 29 heavy (non-hydrogen) atoms. The molecule has 0 saturated heterocycles. The summed E-state index contributed by atoms with van der Waals surface area (Å²) in [5.74, 6) is 1.77. The second kappa shape index (κ2) is 7.59. The molecule has 7 heteroatoms. The first kappa shape index (κ1) is 18.3. The Bertz CT molecular complexity index is 973. The number of carbonyl (C=O) groups is 1. The first-order valence-electron chi connectivity index (χ1n) is 9.82. The van der Waals surface area contributed by atoms with Gasteiger partial charge in [-0.05, 0) is 42.7 Å². The van der Waals surface area contributed by atoms with Crippen molar-refractivity contribution in [3.63, 3.8) is 0 Å². The Hall–Kier alpha value is -2.73. The lowest BCUT2D eigenvalue weighted by Crippen LogP contribution is -2.38. The lowest BCUT2D eigenvalue weighted by molar-refractivity contribution is -0.135. The monoisotopic (exact) mass is 412 g/mol. The highest BCUT2D eigenvalue weighted by Gasteiger charge is 2.36. The van der Waals surface area contributed by atoms with Crippen LogP contribution in [0.25, 0.3) is 0 Å². The van der Waals surface area contributed by atoms with Gasteiger partial charge in [0.1, 0.15) is 0 Å². The van der Waals surface area contributed by atoms with Crippen molar-refractivity contribution in [3.8, 4) is 11.5 Å². The summed E-state index contributed by atoms with van der Waals surface area (Å²) in [6, 6.07) is 13.4. The summed E-state index contributed by atoms with van der Waals surface area (Å²) in [5, 5.41) is 4.94. The molecule has 1 atom stereocenters. The van der Waals surface area contributed by atoms with Gasteiger partial charge in [0.05, 0.1) is 12.3 Å². The molecule has 0 aromatic heterocycles. The van der Waals surface area contributed by atoms with Crippen molar-refractivity contribution in [1.29, 1.82) is 0 Å². The maximum Gasteiger partial charge on any atom is 0.231 e. The largest absolute Gasteiger partial charge is 0.454 e. The Labute approximate surface area is 174 Å². The fraction of sp³-hybridized carbons (Fsp3) is 0.364. The fourth-order valence-electron chi connectivity index (χ4n) is 3.67. The van der Waals surface area contributed by atoms with Crippen LogP contribution in [0, 0.1) is 5.92 Å². The van der Waals surface area contributed by atoms with Crippen molar-refractivity contribution in [2.45, 2.75) is 31.9 Å². The molecule has 2 aromatic rings. The molecule has 0 unspecified atom stereocenters. The lowest BCUT2D eigenvalue weighted by atomic mass is 10.0. The van der Waals surface area contributed by atoms with Crippen molar-refractivity contribution in [1.82, 2.24) is 4.90 Å². The number of oxime groups is 1. The Balaban J connectivity index is 1.27. The third-order valence-corrected chi connectivity index (χ3v) is 5.79. The first-order valence-corrected chi connectivity index (χ1v) is 10.2. The van der Waals surface area contributed by atoms with Gasteiger partial charge >= 0.3 is 0 Å². The molecule has 0 radical (unpaired) electrons. The van der Waals surface area contributed by atoms with Gasteiger partial charge in [0.2, 0.25) is 12.7 Å². The normalized spacial score (nSPS) is 19.6. The van der Waals surface area contributed by atoms with Gasteiger partial charge in [-0.2, -0.15) is 0 Å². The molecule has 6 nitrogen and oxygen atoms in total. The Morgan fingerprint density at radius 1 is 1.14 bits per heavy atom. The summed E-state index contributed by atoms with van der Waals surface area (Å²) in [7, 11) is 0. The zero-order valence-electron chi connectivity index (χ0n) is 15.8. The predicted molar refractivity (Wildman–Crippen MR) is 108 cm³/mol. The van der Waals surface area contributed by atoms with Gasteiger partial charge in [-0.25, -0.2) is 0 Å². The molecule has 2 aliphatic heterocycles. The summed E-state index contributed by atoms with van der Waals surface area (Å²) < 4.78 is 10.8. The van der Waals surface area contributed by atoms with E-state index in [0.29, 0.717) is 24.5 Å². The van der Waals surface area contributed by atoms with Gasteiger partial charge in [0, 0.05) is 29.5 Å². The van der Waals surface area contributed by atoms with E-state index < -0.39 is 0 Å². The van der Waals surface area contributed by atoms with Crippen LogP contribution in [0.3, 0.4) is 0 Å². The third-order valence-electron chi connectivity index (χ3n) is 5.42. The molecule has 1 saturated carbocycles. The number of hydrogen-bond donors (Lipinski definition) is 0. The molecule has 0 bridgehead atoms. The second-order valence-corrected chi connectivity index (χ2v) is 8.03. The van der Waals surface area contributed by atoms with Crippen LogP contribution in [0.15, 0.2) is 47.6 Å². The van der Waals surface area contributed by atoms with Crippen LogP contribution in [0.2, 0.25) is 5.02 Å². The van der Waals surface area contributed by atoms with Crippen molar-refractivity contribution < 1.29 is 19.1 Å². The summed E-state index contributed by atoms with van der Waals surface area (Å²) >= 11 is 6.32. The van der Waals surface area contributed by atoms with Crippen molar-refractivity contribution >= 4 is 23.2 Å². The van der Waals surface area contributed by atoms with E-state index in [1.165, 1.54) is 0 Å². The predicted octanol–water partition coefficient (Wildman–Crippen LogP) is 4.00. The Morgan fingerprint density at radius 3 is 2.79 bits per heavy atom. The van der Waals surface area contributed by atoms with E-state index in [2.05, 4.69) is 5.16 Å². The maximum atomic E-state index is 12.8. The average molecular weight is 413 g/mol. The molecule has 2 aromatic carbocycles. The molecule has 3 aliphatic rings. The van der Waals surface area contributed by atoms with Crippen LogP contribution in [-0.2, 0) is 16.2 Å². The molecular weight excluding hydrogens is 392 g/mol. The highest BCUT2D eigenvalue weighted by molar-refractivity contribution is 6.31. The van der Waals surface area contributed by atoms with Crippen LogP contribution in [0.4, 0.5) is 0 Å². The van der Waals surface area contributed by atoms with E-state index in [9.17, 15) is 4.79 Å². The number of amides is 1. The van der Waals surface area contributed by atoms with E-state index in [4.69, 9.17) is 25.9 Å². The fourth-order valence-corrected chi connectivity index (χ4v) is 3.87. The molecule has 2 heterocycles. The van der Waals surface area contributed by atoms with E-state index in [1.54, 1.807) is 0 Å². The van der Waals surface area contributed by atoms with E-state index >= 15 is 0 Å². The van der Waals surface area contributed by atoms with Gasteiger partial charge in [-0.1, -0.05) is 35.0 Å². The van der Waals surface area contributed by atoms with Crippen LogP contribution in [-0.4, -0.2) is 36.0 Å². The van der Waals surface area contributed by atoms with Crippen LogP contribution in [0.5, 0.6) is 11.5 Å².